The maximum atomic E-state index is 12.7. The van der Waals surface area contributed by atoms with Crippen LogP contribution in [0.5, 0.6) is 0 Å². The van der Waals surface area contributed by atoms with Gasteiger partial charge in [-0.3, -0.25) is 14.9 Å². The molecule has 9 nitrogen and oxygen atoms in total. The van der Waals surface area contributed by atoms with Gasteiger partial charge in [-0.15, -0.1) is 0 Å². The minimum absolute atomic E-state index is 0.0833. The number of rotatable bonds is 6. The molecule has 29 heavy (non-hydrogen) atoms. The first-order chi connectivity index (χ1) is 14.0. The first-order valence-corrected chi connectivity index (χ1v) is 10.0. The average molecular weight is 405 g/mol. The third-order valence-corrected chi connectivity index (χ3v) is 5.55. The fourth-order valence-electron chi connectivity index (χ4n) is 3.87. The number of nitro groups is 1. The van der Waals surface area contributed by atoms with Crippen LogP contribution < -0.4 is 10.2 Å². The fourth-order valence-corrected chi connectivity index (χ4v) is 3.87. The van der Waals surface area contributed by atoms with Gasteiger partial charge in [0.2, 0.25) is 0 Å². The van der Waals surface area contributed by atoms with Gasteiger partial charge in [0.05, 0.1) is 29.4 Å². The number of ether oxygens (including phenoxy) is 2. The summed E-state index contributed by atoms with van der Waals surface area (Å²) < 4.78 is 10.5. The molecular weight excluding hydrogens is 378 g/mol. The van der Waals surface area contributed by atoms with Gasteiger partial charge in [0.15, 0.2) is 6.61 Å². The molecule has 2 atom stereocenters. The number of carbonyl (C=O) groups is 2. The van der Waals surface area contributed by atoms with Gasteiger partial charge in [-0.05, 0) is 24.8 Å². The average Bonchev–Trinajstić information content (AvgIpc) is 2.74. The molecule has 0 spiro atoms. The maximum absolute atomic E-state index is 12.7. The van der Waals surface area contributed by atoms with Crippen LogP contribution in [0.4, 0.5) is 11.4 Å². The van der Waals surface area contributed by atoms with E-state index < -0.39 is 17.5 Å². The molecule has 1 amide bonds. The van der Waals surface area contributed by atoms with Crippen molar-refractivity contribution in [3.8, 4) is 0 Å². The highest BCUT2D eigenvalue weighted by molar-refractivity contribution is 5.97. The van der Waals surface area contributed by atoms with Gasteiger partial charge >= 0.3 is 5.97 Å². The van der Waals surface area contributed by atoms with Crippen LogP contribution in [-0.2, 0) is 14.3 Å². The summed E-state index contributed by atoms with van der Waals surface area (Å²) in [6.07, 6.45) is 4.24. The predicted molar refractivity (Wildman–Crippen MR) is 106 cm³/mol. The Morgan fingerprint density at radius 1 is 1.28 bits per heavy atom. The lowest BCUT2D eigenvalue weighted by atomic mass is 9.86. The summed E-state index contributed by atoms with van der Waals surface area (Å²) in [6.45, 7) is 3.85. The van der Waals surface area contributed by atoms with E-state index in [2.05, 4.69) is 12.2 Å². The number of carbonyl (C=O) groups excluding carboxylic acids is 2. The van der Waals surface area contributed by atoms with Crippen molar-refractivity contribution < 1.29 is 24.0 Å². The zero-order chi connectivity index (χ0) is 20.8. The highest BCUT2D eigenvalue weighted by Crippen LogP contribution is 2.27. The molecule has 1 N–H and O–H groups in total. The van der Waals surface area contributed by atoms with Crippen LogP contribution >= 0.6 is 0 Å². The van der Waals surface area contributed by atoms with Crippen molar-refractivity contribution in [1.29, 1.82) is 0 Å². The van der Waals surface area contributed by atoms with Crippen LogP contribution in [0.2, 0.25) is 0 Å². The van der Waals surface area contributed by atoms with Crippen LogP contribution in [0.25, 0.3) is 0 Å². The molecule has 0 radical (unpaired) electrons. The quantitative estimate of drug-likeness (QED) is 0.439. The monoisotopic (exact) mass is 405 g/mol. The molecule has 2 aliphatic rings. The van der Waals surface area contributed by atoms with Crippen LogP contribution in [0.15, 0.2) is 18.2 Å². The van der Waals surface area contributed by atoms with Crippen LogP contribution in [0, 0.1) is 16.0 Å². The minimum Gasteiger partial charge on any atom is -0.452 e. The van der Waals surface area contributed by atoms with Crippen molar-refractivity contribution in [2.24, 2.45) is 5.92 Å². The van der Waals surface area contributed by atoms with Gasteiger partial charge in [-0.1, -0.05) is 19.8 Å². The van der Waals surface area contributed by atoms with Gasteiger partial charge in [0.1, 0.15) is 0 Å². The third-order valence-electron chi connectivity index (χ3n) is 5.55. The highest BCUT2D eigenvalue weighted by Gasteiger charge is 2.25. The number of hydrogen-bond acceptors (Lipinski definition) is 7. The summed E-state index contributed by atoms with van der Waals surface area (Å²) in [5.74, 6) is -0.703. The van der Waals surface area contributed by atoms with Crippen LogP contribution in [0.3, 0.4) is 0 Å². The van der Waals surface area contributed by atoms with E-state index in [1.807, 2.05) is 4.90 Å². The molecule has 1 aromatic carbocycles. The van der Waals surface area contributed by atoms with Crippen molar-refractivity contribution in [2.45, 2.75) is 38.6 Å². The lowest BCUT2D eigenvalue weighted by molar-refractivity contribution is -0.384. The third kappa shape index (κ3) is 5.44. The van der Waals surface area contributed by atoms with E-state index in [0.717, 1.165) is 19.3 Å². The first kappa shape index (κ1) is 21.0. The molecule has 3 rings (SSSR count). The standard InChI is InChI=1S/C20H27N3O6/c1-14-4-2-3-5-17(14)21-19(24)13-29-20(25)16-12-15(23(26)27)6-7-18(16)22-8-10-28-11-9-22/h6-7,12,14,17H,2-5,8-11,13H2,1H3,(H,21,24)/t14-,17+/m0/s1. The number of nitrogens with zero attached hydrogens (tertiary/aromatic N) is 2. The molecule has 1 heterocycles. The van der Waals surface area contributed by atoms with Crippen LogP contribution in [0.1, 0.15) is 43.0 Å². The molecule has 1 aromatic rings. The van der Waals surface area contributed by atoms with Gasteiger partial charge in [0, 0.05) is 31.3 Å². The first-order valence-electron chi connectivity index (χ1n) is 10.0. The maximum Gasteiger partial charge on any atom is 0.341 e. The Kier molecular flexibility index (Phi) is 7.03. The second kappa shape index (κ2) is 9.69. The Morgan fingerprint density at radius 2 is 2.00 bits per heavy atom. The van der Waals surface area contributed by atoms with Crippen molar-refractivity contribution in [1.82, 2.24) is 5.32 Å². The van der Waals surface area contributed by atoms with Gasteiger partial charge < -0.3 is 19.7 Å². The Bertz CT molecular complexity index is 763. The van der Waals surface area contributed by atoms with E-state index in [4.69, 9.17) is 9.47 Å². The SMILES string of the molecule is C[C@H]1CCCC[C@H]1NC(=O)COC(=O)c1cc([N+](=O)[O-])ccc1N1CCOCC1. The summed E-state index contributed by atoms with van der Waals surface area (Å²) >= 11 is 0. The van der Waals surface area contributed by atoms with Gasteiger partial charge in [-0.2, -0.15) is 0 Å². The normalized spacial score (nSPS) is 22.0. The van der Waals surface area contributed by atoms with E-state index in [1.54, 1.807) is 6.07 Å². The lowest BCUT2D eigenvalue weighted by Crippen LogP contribution is -2.43. The molecule has 0 aromatic heterocycles. The molecule has 1 saturated carbocycles. The van der Waals surface area contributed by atoms with Crippen molar-refractivity contribution in [2.75, 3.05) is 37.8 Å². The number of hydrogen-bond donors (Lipinski definition) is 1. The summed E-state index contributed by atoms with van der Waals surface area (Å²) in [6, 6.07) is 4.20. The number of non-ortho nitro benzene ring substituents is 1. The van der Waals surface area contributed by atoms with Gasteiger partial charge in [0.25, 0.3) is 11.6 Å². The second-order valence-electron chi connectivity index (χ2n) is 7.57. The Balaban J connectivity index is 1.67. The molecule has 2 fully saturated rings. The smallest absolute Gasteiger partial charge is 0.341 e. The predicted octanol–water partition coefficient (Wildman–Crippen LogP) is 2.28. The number of benzene rings is 1. The molecule has 9 heteroatoms. The summed E-state index contributed by atoms with van der Waals surface area (Å²) in [5, 5.41) is 14.1. The number of nitro benzene ring substituents is 1. The molecule has 1 saturated heterocycles. The van der Waals surface area contributed by atoms with Gasteiger partial charge in [-0.25, -0.2) is 4.79 Å². The number of morpholine rings is 1. The van der Waals surface area contributed by atoms with Crippen LogP contribution in [-0.4, -0.2) is 55.8 Å². The Hall–Kier alpha value is -2.68. The van der Waals surface area contributed by atoms with E-state index in [1.165, 1.54) is 18.6 Å². The van der Waals surface area contributed by atoms with Crippen molar-refractivity contribution in [3.63, 3.8) is 0 Å². The highest BCUT2D eigenvalue weighted by atomic mass is 16.6. The second-order valence-corrected chi connectivity index (χ2v) is 7.57. The minimum atomic E-state index is -0.748. The number of nitrogens with one attached hydrogen (secondary N) is 1. The summed E-state index contributed by atoms with van der Waals surface area (Å²) in [7, 11) is 0. The van der Waals surface area contributed by atoms with Crippen molar-refractivity contribution >= 4 is 23.3 Å². The molecule has 0 bridgehead atoms. The summed E-state index contributed by atoms with van der Waals surface area (Å²) in [4.78, 5) is 37.4. The molecule has 158 valence electrons. The summed E-state index contributed by atoms with van der Waals surface area (Å²) in [5.41, 5.74) is 0.430. The van der Waals surface area contributed by atoms with Crippen molar-refractivity contribution in [3.05, 3.63) is 33.9 Å². The molecular formula is C20H27N3O6. The fraction of sp³-hybridized carbons (Fsp3) is 0.600. The lowest BCUT2D eigenvalue weighted by Gasteiger charge is -2.30. The Labute approximate surface area is 169 Å². The van der Waals surface area contributed by atoms with E-state index in [0.29, 0.717) is 37.9 Å². The largest absolute Gasteiger partial charge is 0.452 e. The van der Waals surface area contributed by atoms with E-state index in [9.17, 15) is 19.7 Å². The zero-order valence-corrected chi connectivity index (χ0v) is 16.6. The van der Waals surface area contributed by atoms with E-state index in [-0.39, 0.29) is 23.2 Å². The number of amides is 1. The topological polar surface area (TPSA) is 111 Å². The van der Waals surface area contributed by atoms with E-state index >= 15 is 0 Å². The number of anilines is 1. The number of esters is 1. The molecule has 1 aliphatic carbocycles. The Morgan fingerprint density at radius 3 is 2.69 bits per heavy atom. The zero-order valence-electron chi connectivity index (χ0n) is 16.6. The molecule has 0 unspecified atom stereocenters. The molecule has 1 aliphatic heterocycles.